The van der Waals surface area contributed by atoms with Gasteiger partial charge in [0.1, 0.15) is 30.0 Å². The van der Waals surface area contributed by atoms with E-state index >= 15 is 0 Å². The second-order valence-corrected chi connectivity index (χ2v) is 12.9. The first-order valence-electron chi connectivity index (χ1n) is 15.1. The van der Waals surface area contributed by atoms with Gasteiger partial charge in [0, 0.05) is 12.6 Å². The highest BCUT2D eigenvalue weighted by Crippen LogP contribution is 2.42. The standard InChI is InChI=1S/C36H34Cl3NO8/c1-20-5-9-26(37)30(13-20)44-19-25(41)18-40-23(4)16-24-8-12-29-33(17-24)48-36(47-29,34(42)45-31-14-21(2)6-10-27(31)38)35(43)46-32-15-22(3)7-11-28(32)39/h5-15,17,23,25,40-41H,16,18-19H2,1-4H3. The van der Waals surface area contributed by atoms with Crippen LogP contribution in [0.15, 0.2) is 72.8 Å². The second kappa shape index (κ2) is 15.1. The van der Waals surface area contributed by atoms with Crippen molar-refractivity contribution in [1.29, 1.82) is 0 Å². The molecule has 2 N–H and O–H groups in total. The van der Waals surface area contributed by atoms with Crippen LogP contribution in [0.1, 0.15) is 29.2 Å². The Balaban J connectivity index is 1.28. The van der Waals surface area contributed by atoms with Crippen molar-refractivity contribution in [3.8, 4) is 28.7 Å². The molecule has 1 aliphatic rings. The highest BCUT2D eigenvalue weighted by atomic mass is 35.5. The van der Waals surface area contributed by atoms with E-state index in [4.69, 9.17) is 58.5 Å². The van der Waals surface area contributed by atoms with Crippen LogP contribution in [-0.4, -0.2) is 48.1 Å². The topological polar surface area (TPSA) is 113 Å². The van der Waals surface area contributed by atoms with E-state index in [1.165, 1.54) is 0 Å². The van der Waals surface area contributed by atoms with Crippen molar-refractivity contribution in [3.05, 3.63) is 110 Å². The van der Waals surface area contributed by atoms with E-state index in [1.54, 1.807) is 74.5 Å². The minimum absolute atomic E-state index is 0.0146. The Morgan fingerprint density at radius 1 is 0.750 bits per heavy atom. The highest BCUT2D eigenvalue weighted by Gasteiger charge is 2.60. The van der Waals surface area contributed by atoms with Gasteiger partial charge in [0.15, 0.2) is 11.5 Å². The average molecular weight is 715 g/mol. The van der Waals surface area contributed by atoms with Gasteiger partial charge in [0.05, 0.1) is 15.1 Å². The molecule has 0 spiro atoms. The summed E-state index contributed by atoms with van der Waals surface area (Å²) in [6.07, 6.45) is -0.282. The van der Waals surface area contributed by atoms with Crippen molar-refractivity contribution in [3.63, 3.8) is 0 Å². The SMILES string of the molecule is Cc1ccc(Cl)c(OCC(O)CNC(C)Cc2ccc3c(c2)OC(C(=O)Oc2cc(C)ccc2Cl)(C(=O)Oc2cc(C)ccc2Cl)O3)c1. The largest absolute Gasteiger partial charge is 0.489 e. The molecule has 12 heteroatoms. The van der Waals surface area contributed by atoms with E-state index in [1.807, 2.05) is 26.0 Å². The summed E-state index contributed by atoms with van der Waals surface area (Å²) in [4.78, 5) is 27.5. The minimum Gasteiger partial charge on any atom is -0.489 e. The van der Waals surface area contributed by atoms with Crippen LogP contribution in [-0.2, 0) is 16.0 Å². The lowest BCUT2D eigenvalue weighted by Gasteiger charge is -2.23. The van der Waals surface area contributed by atoms with Crippen molar-refractivity contribution in [2.45, 2.75) is 52.0 Å². The van der Waals surface area contributed by atoms with Gasteiger partial charge in [-0.1, -0.05) is 59.1 Å². The number of carbonyl (C=O) groups excluding carboxylic acids is 2. The second-order valence-electron chi connectivity index (χ2n) is 11.7. The van der Waals surface area contributed by atoms with Gasteiger partial charge in [0.2, 0.25) is 0 Å². The molecule has 252 valence electrons. The number of nitrogens with one attached hydrogen (secondary N) is 1. The van der Waals surface area contributed by atoms with Gasteiger partial charge in [-0.05, 0) is 105 Å². The molecule has 0 aliphatic carbocycles. The number of carbonyl (C=O) groups is 2. The van der Waals surface area contributed by atoms with Crippen molar-refractivity contribution in [1.82, 2.24) is 5.32 Å². The Morgan fingerprint density at radius 2 is 1.25 bits per heavy atom. The van der Waals surface area contributed by atoms with Crippen molar-refractivity contribution < 1.29 is 38.4 Å². The van der Waals surface area contributed by atoms with Crippen LogP contribution in [0.25, 0.3) is 0 Å². The molecule has 1 heterocycles. The van der Waals surface area contributed by atoms with Crippen molar-refractivity contribution >= 4 is 46.7 Å². The van der Waals surface area contributed by atoms with Crippen LogP contribution >= 0.6 is 34.8 Å². The Labute approximate surface area is 293 Å². The molecule has 0 bridgehead atoms. The molecule has 0 aromatic heterocycles. The van der Waals surface area contributed by atoms with E-state index in [2.05, 4.69) is 5.32 Å². The number of rotatable bonds is 12. The maximum atomic E-state index is 13.7. The maximum absolute atomic E-state index is 13.7. The average Bonchev–Trinajstić information content (AvgIpc) is 3.44. The zero-order valence-electron chi connectivity index (χ0n) is 26.6. The fourth-order valence-electron chi connectivity index (χ4n) is 4.86. The van der Waals surface area contributed by atoms with Crippen LogP contribution in [0, 0.1) is 20.8 Å². The number of esters is 2. The Hall–Kier alpha value is -3.99. The normalized spacial score (nSPS) is 14.2. The number of halogens is 3. The van der Waals surface area contributed by atoms with Crippen LogP contribution in [0.2, 0.25) is 15.1 Å². The van der Waals surface area contributed by atoms with Crippen LogP contribution in [0.4, 0.5) is 0 Å². The predicted molar refractivity (Wildman–Crippen MR) is 183 cm³/mol. The molecular formula is C36H34Cl3NO8. The van der Waals surface area contributed by atoms with Gasteiger partial charge in [-0.15, -0.1) is 0 Å². The number of fused-ring (bicyclic) bond motifs is 1. The molecule has 1 aliphatic heterocycles. The minimum atomic E-state index is -2.66. The van der Waals surface area contributed by atoms with E-state index in [-0.39, 0.29) is 52.2 Å². The predicted octanol–water partition coefficient (Wildman–Crippen LogP) is 7.21. The third-order valence-corrected chi connectivity index (χ3v) is 8.33. The molecule has 0 amide bonds. The van der Waals surface area contributed by atoms with Gasteiger partial charge in [-0.25, -0.2) is 9.59 Å². The van der Waals surface area contributed by atoms with Crippen LogP contribution in [0.3, 0.4) is 0 Å². The molecule has 0 radical (unpaired) electrons. The molecule has 0 saturated heterocycles. The summed E-state index contributed by atoms with van der Waals surface area (Å²) in [5.41, 5.74) is 3.34. The number of ether oxygens (including phenoxy) is 5. The lowest BCUT2D eigenvalue weighted by Crippen LogP contribution is -2.58. The first-order chi connectivity index (χ1) is 22.8. The lowest BCUT2D eigenvalue weighted by atomic mass is 10.1. The summed E-state index contributed by atoms with van der Waals surface area (Å²) in [5, 5.41) is 14.5. The summed E-state index contributed by atoms with van der Waals surface area (Å²) in [5.74, 6) is -4.25. The third kappa shape index (κ3) is 8.35. The van der Waals surface area contributed by atoms with E-state index in [0.717, 1.165) is 22.3 Å². The number of aliphatic hydroxyl groups excluding tert-OH is 1. The van der Waals surface area contributed by atoms with Crippen molar-refractivity contribution in [2.24, 2.45) is 0 Å². The molecule has 2 atom stereocenters. The van der Waals surface area contributed by atoms with Gasteiger partial charge < -0.3 is 34.1 Å². The van der Waals surface area contributed by atoms with Crippen LogP contribution < -0.4 is 29.0 Å². The smallest absolute Gasteiger partial charge is 0.454 e. The summed E-state index contributed by atoms with van der Waals surface area (Å²) in [7, 11) is 0. The summed E-state index contributed by atoms with van der Waals surface area (Å²) >= 11 is 18.7. The molecule has 48 heavy (non-hydrogen) atoms. The Bertz CT molecular complexity index is 1770. The zero-order chi connectivity index (χ0) is 34.6. The molecular weight excluding hydrogens is 681 g/mol. The third-order valence-electron chi connectivity index (χ3n) is 7.39. The Morgan fingerprint density at radius 3 is 1.81 bits per heavy atom. The van der Waals surface area contributed by atoms with E-state index < -0.39 is 23.8 Å². The zero-order valence-corrected chi connectivity index (χ0v) is 28.9. The van der Waals surface area contributed by atoms with Crippen LogP contribution in [0.5, 0.6) is 28.7 Å². The van der Waals surface area contributed by atoms with Gasteiger partial charge in [-0.3, -0.25) is 0 Å². The molecule has 2 unspecified atom stereocenters. The molecule has 0 fully saturated rings. The molecule has 0 saturated carbocycles. The van der Waals surface area contributed by atoms with Gasteiger partial charge >= 0.3 is 17.7 Å². The monoisotopic (exact) mass is 713 g/mol. The first kappa shape index (κ1) is 35.3. The molecule has 9 nitrogen and oxygen atoms in total. The summed E-state index contributed by atoms with van der Waals surface area (Å²) in [6.45, 7) is 7.79. The van der Waals surface area contributed by atoms with Crippen molar-refractivity contribution in [2.75, 3.05) is 13.2 Å². The number of hydrogen-bond donors (Lipinski definition) is 2. The highest BCUT2D eigenvalue weighted by molar-refractivity contribution is 6.33. The quantitative estimate of drug-likeness (QED) is 0.0893. The number of hydrogen-bond acceptors (Lipinski definition) is 9. The lowest BCUT2D eigenvalue weighted by molar-refractivity contribution is -0.190. The number of aryl methyl sites for hydroxylation is 3. The first-order valence-corrected chi connectivity index (χ1v) is 16.2. The molecule has 5 rings (SSSR count). The maximum Gasteiger partial charge on any atom is 0.454 e. The summed E-state index contributed by atoms with van der Waals surface area (Å²) < 4.78 is 28.7. The number of benzene rings is 4. The van der Waals surface area contributed by atoms with E-state index in [0.29, 0.717) is 17.2 Å². The van der Waals surface area contributed by atoms with Gasteiger partial charge in [0.25, 0.3) is 0 Å². The van der Waals surface area contributed by atoms with E-state index in [9.17, 15) is 14.7 Å². The molecule has 4 aromatic rings. The number of aliphatic hydroxyl groups is 1. The Kier molecular flexibility index (Phi) is 11.1. The fraction of sp³-hybridized carbons (Fsp3) is 0.278. The van der Waals surface area contributed by atoms with Gasteiger partial charge in [-0.2, -0.15) is 0 Å². The summed E-state index contributed by atoms with van der Waals surface area (Å²) in [6, 6.07) is 20.1. The molecule has 4 aromatic carbocycles. The fourth-order valence-corrected chi connectivity index (χ4v) is 5.35.